The van der Waals surface area contributed by atoms with E-state index >= 15 is 0 Å². The van der Waals surface area contributed by atoms with Crippen LogP contribution in [0.15, 0.2) is 53.5 Å². The molecule has 2 aromatic carbocycles. The monoisotopic (exact) mass is 466 g/mol. The summed E-state index contributed by atoms with van der Waals surface area (Å²) in [5.41, 5.74) is 1.84. The molecule has 0 saturated carbocycles. The molecule has 0 aliphatic carbocycles. The van der Waals surface area contributed by atoms with Crippen LogP contribution in [-0.2, 0) is 14.3 Å². The first-order valence-corrected chi connectivity index (χ1v) is 11.4. The fourth-order valence-corrected chi connectivity index (χ4v) is 4.32. The number of piperazine rings is 1. The number of nitrogens with one attached hydrogen (secondary N) is 1. The molecule has 1 saturated heterocycles. The zero-order valence-electron chi connectivity index (χ0n) is 19.7. The number of nitrogens with zero attached hydrogens (tertiary/aromatic N) is 3. The van der Waals surface area contributed by atoms with Crippen LogP contribution in [0.4, 0.5) is 5.69 Å². The molecule has 2 aromatic rings. The van der Waals surface area contributed by atoms with E-state index in [1.54, 1.807) is 39.3 Å². The minimum absolute atomic E-state index is 0.180. The van der Waals surface area contributed by atoms with E-state index in [1.807, 2.05) is 23.1 Å². The van der Waals surface area contributed by atoms with Gasteiger partial charge in [-0.3, -0.25) is 14.9 Å². The average Bonchev–Trinajstić information content (AvgIpc) is 2.88. The zero-order valence-corrected chi connectivity index (χ0v) is 19.7. The summed E-state index contributed by atoms with van der Waals surface area (Å²) in [7, 11) is 3.09. The number of benzene rings is 2. The van der Waals surface area contributed by atoms with Gasteiger partial charge in [0.25, 0.3) is 0 Å². The average molecular weight is 467 g/mol. The van der Waals surface area contributed by atoms with E-state index in [-0.39, 0.29) is 6.61 Å². The summed E-state index contributed by atoms with van der Waals surface area (Å²) in [5, 5.41) is 2.84. The molecule has 0 bridgehead atoms. The summed E-state index contributed by atoms with van der Waals surface area (Å²) < 4.78 is 16.0. The molecule has 2 aliphatic heterocycles. The number of aliphatic imine (C=N–C) groups is 1. The van der Waals surface area contributed by atoms with Gasteiger partial charge in [0.2, 0.25) is 11.9 Å². The van der Waals surface area contributed by atoms with Crippen molar-refractivity contribution in [3.63, 3.8) is 0 Å². The molecule has 0 radical (unpaired) electrons. The quantitative estimate of drug-likeness (QED) is 0.516. The topological polar surface area (TPSA) is 92.7 Å². The van der Waals surface area contributed by atoms with Crippen molar-refractivity contribution < 1.29 is 23.8 Å². The first-order chi connectivity index (χ1) is 16.5. The predicted molar refractivity (Wildman–Crippen MR) is 128 cm³/mol. The Labute approximate surface area is 199 Å². The van der Waals surface area contributed by atoms with Gasteiger partial charge >= 0.3 is 5.97 Å². The van der Waals surface area contributed by atoms with Gasteiger partial charge in [-0.2, -0.15) is 0 Å². The third-order valence-electron chi connectivity index (χ3n) is 6.08. The van der Waals surface area contributed by atoms with E-state index in [0.29, 0.717) is 36.1 Å². The number of carbonyl (C=O) groups is 2. The molecule has 1 amide bonds. The van der Waals surface area contributed by atoms with Crippen molar-refractivity contribution in [2.45, 2.75) is 13.0 Å². The summed E-state index contributed by atoms with van der Waals surface area (Å²) in [4.78, 5) is 35.0. The van der Waals surface area contributed by atoms with Gasteiger partial charge in [0.15, 0.2) is 17.4 Å². The van der Waals surface area contributed by atoms with Crippen LogP contribution in [-0.4, -0.2) is 69.7 Å². The number of methoxy groups -OCH3 is 2. The second-order valence-electron chi connectivity index (χ2n) is 8.04. The number of esters is 1. The van der Waals surface area contributed by atoms with Gasteiger partial charge in [-0.1, -0.05) is 24.3 Å². The Morgan fingerprint density at radius 1 is 1.00 bits per heavy atom. The lowest BCUT2D eigenvalue weighted by Gasteiger charge is -2.39. The van der Waals surface area contributed by atoms with E-state index in [2.05, 4.69) is 22.3 Å². The number of hydrogen-bond acceptors (Lipinski definition) is 8. The molecule has 0 spiro atoms. The Bertz CT molecular complexity index is 1050. The number of para-hydroxylation sites is 1. The molecule has 9 heteroatoms. The Morgan fingerprint density at radius 3 is 2.32 bits per heavy atom. The van der Waals surface area contributed by atoms with Crippen molar-refractivity contribution in [1.29, 1.82) is 0 Å². The van der Waals surface area contributed by atoms with Crippen LogP contribution in [0.5, 0.6) is 11.5 Å². The Balaban J connectivity index is 1.61. The maximum absolute atomic E-state index is 13.1. The van der Waals surface area contributed by atoms with Crippen molar-refractivity contribution in [2.24, 2.45) is 10.9 Å². The first-order valence-electron chi connectivity index (χ1n) is 11.4. The summed E-state index contributed by atoms with van der Waals surface area (Å²) in [6.45, 7) is 4.86. The van der Waals surface area contributed by atoms with Crippen LogP contribution in [0.3, 0.4) is 0 Å². The zero-order chi connectivity index (χ0) is 24.1. The molecule has 1 N–H and O–H groups in total. The summed E-state index contributed by atoms with van der Waals surface area (Å²) >= 11 is 0. The van der Waals surface area contributed by atoms with Crippen molar-refractivity contribution in [2.75, 3.05) is 51.9 Å². The highest BCUT2D eigenvalue weighted by atomic mass is 16.5. The van der Waals surface area contributed by atoms with Crippen LogP contribution in [0, 0.1) is 5.92 Å². The fourth-order valence-electron chi connectivity index (χ4n) is 4.32. The molecule has 2 aliphatic rings. The van der Waals surface area contributed by atoms with Crippen LogP contribution >= 0.6 is 0 Å². The van der Waals surface area contributed by atoms with Crippen LogP contribution < -0.4 is 19.7 Å². The standard InChI is InChI=1S/C25H30N4O5/c1-4-34-24(31)21-22(17-10-11-19(32-2)20(16-17)33-3)26-25(27-23(21)30)29-14-12-28(13-15-29)18-8-6-5-7-9-18/h5-11,16,21-22H,4,12-15H2,1-3H3,(H,26,27,30)/t21-,22+/m0/s1. The molecule has 180 valence electrons. The van der Waals surface area contributed by atoms with E-state index in [9.17, 15) is 9.59 Å². The highest BCUT2D eigenvalue weighted by Gasteiger charge is 2.42. The number of carbonyl (C=O) groups excluding carboxylic acids is 2. The molecule has 0 unspecified atom stereocenters. The summed E-state index contributed by atoms with van der Waals surface area (Å²) in [5.74, 6) is -0.585. The summed E-state index contributed by atoms with van der Waals surface area (Å²) in [6.07, 6.45) is 0. The van der Waals surface area contributed by atoms with Gasteiger partial charge in [0.05, 0.1) is 20.8 Å². The van der Waals surface area contributed by atoms with Crippen molar-refractivity contribution in [3.8, 4) is 11.5 Å². The number of ether oxygens (including phenoxy) is 3. The number of anilines is 1. The molecule has 9 nitrogen and oxygen atoms in total. The highest BCUT2D eigenvalue weighted by Crippen LogP contribution is 2.36. The van der Waals surface area contributed by atoms with Crippen molar-refractivity contribution in [1.82, 2.24) is 10.2 Å². The molecule has 1 fully saturated rings. The number of rotatable bonds is 6. The Kier molecular flexibility index (Phi) is 7.20. The Morgan fingerprint density at radius 2 is 1.68 bits per heavy atom. The maximum Gasteiger partial charge on any atom is 0.321 e. The van der Waals surface area contributed by atoms with Gasteiger partial charge < -0.3 is 24.0 Å². The van der Waals surface area contributed by atoms with Gasteiger partial charge in [0.1, 0.15) is 6.04 Å². The SMILES string of the molecule is CCOC(=O)[C@@H]1C(=O)NC(N2CCN(c3ccccc3)CC2)=N[C@@H]1c1ccc(OC)c(OC)c1. The van der Waals surface area contributed by atoms with E-state index in [1.165, 1.54) is 5.69 Å². The fraction of sp³-hybridized carbons (Fsp3) is 0.400. The molecular formula is C25H30N4O5. The van der Waals surface area contributed by atoms with Gasteiger partial charge in [0, 0.05) is 31.9 Å². The highest BCUT2D eigenvalue weighted by molar-refractivity contribution is 6.08. The lowest BCUT2D eigenvalue weighted by Crippen LogP contribution is -2.57. The Hall–Kier alpha value is -3.75. The van der Waals surface area contributed by atoms with E-state index < -0.39 is 23.8 Å². The third-order valence-corrected chi connectivity index (χ3v) is 6.08. The molecule has 0 aromatic heterocycles. The third kappa shape index (κ3) is 4.78. The normalized spacial score (nSPS) is 20.3. The number of amides is 1. The second kappa shape index (κ2) is 10.5. The molecule has 2 heterocycles. The lowest BCUT2D eigenvalue weighted by atomic mass is 9.91. The van der Waals surface area contributed by atoms with Gasteiger partial charge in [-0.05, 0) is 36.8 Å². The minimum atomic E-state index is -1.09. The lowest BCUT2D eigenvalue weighted by molar-refractivity contribution is -0.153. The van der Waals surface area contributed by atoms with Gasteiger partial charge in [-0.25, -0.2) is 4.99 Å². The first kappa shape index (κ1) is 23.4. The second-order valence-corrected chi connectivity index (χ2v) is 8.04. The van der Waals surface area contributed by atoms with E-state index in [4.69, 9.17) is 19.2 Å². The minimum Gasteiger partial charge on any atom is -0.493 e. The van der Waals surface area contributed by atoms with Crippen molar-refractivity contribution in [3.05, 3.63) is 54.1 Å². The molecular weight excluding hydrogens is 436 g/mol. The van der Waals surface area contributed by atoms with Crippen LogP contribution in [0.25, 0.3) is 0 Å². The van der Waals surface area contributed by atoms with Gasteiger partial charge in [-0.15, -0.1) is 0 Å². The maximum atomic E-state index is 13.1. The van der Waals surface area contributed by atoms with Crippen LogP contribution in [0.2, 0.25) is 0 Å². The van der Waals surface area contributed by atoms with Crippen LogP contribution in [0.1, 0.15) is 18.5 Å². The van der Waals surface area contributed by atoms with E-state index in [0.717, 1.165) is 13.1 Å². The number of hydrogen-bond donors (Lipinski definition) is 1. The smallest absolute Gasteiger partial charge is 0.321 e. The molecule has 34 heavy (non-hydrogen) atoms. The molecule has 4 rings (SSSR count). The molecule has 2 atom stereocenters. The summed E-state index contributed by atoms with van der Waals surface area (Å²) in [6, 6.07) is 14.8. The van der Waals surface area contributed by atoms with Crippen molar-refractivity contribution >= 4 is 23.5 Å². The number of guanidine groups is 1. The predicted octanol–water partition coefficient (Wildman–Crippen LogP) is 2.23. The largest absolute Gasteiger partial charge is 0.493 e.